The lowest BCUT2D eigenvalue weighted by Crippen LogP contribution is -2.43. The maximum absolute atomic E-state index is 13.0. The third-order valence-corrected chi connectivity index (χ3v) is 4.28. The number of fused-ring (bicyclic) bond motifs is 1. The molecule has 2 aromatic heterocycles. The molecule has 0 saturated carbocycles. The Morgan fingerprint density at radius 3 is 2.95 bits per heavy atom. The van der Waals surface area contributed by atoms with Crippen molar-refractivity contribution in [1.82, 2.24) is 14.7 Å². The molecule has 1 aliphatic heterocycles. The Balaban J connectivity index is 1.84. The first-order valence-corrected chi connectivity index (χ1v) is 7.32. The Morgan fingerprint density at radius 1 is 1.43 bits per heavy atom. The molecule has 0 bridgehead atoms. The summed E-state index contributed by atoms with van der Waals surface area (Å²) in [6.45, 7) is 5.34. The van der Waals surface area contributed by atoms with Crippen LogP contribution in [0.3, 0.4) is 0 Å². The number of aryl methyl sites for hydroxylation is 2. The van der Waals surface area contributed by atoms with Crippen molar-refractivity contribution in [2.75, 3.05) is 6.54 Å². The highest BCUT2D eigenvalue weighted by molar-refractivity contribution is 5.87. The smallest absolute Gasteiger partial charge is 0.233 e. The van der Waals surface area contributed by atoms with Crippen LogP contribution in [0, 0.1) is 0 Å². The molecule has 0 aromatic carbocycles. The van der Waals surface area contributed by atoms with Crippen molar-refractivity contribution in [1.29, 1.82) is 0 Å². The molecule has 5 heteroatoms. The molecule has 112 valence electrons. The third kappa shape index (κ3) is 2.48. The highest BCUT2D eigenvalue weighted by atomic mass is 16.3. The number of carbonyl (C=O) groups is 1. The Hall–Kier alpha value is -2.04. The molecule has 3 rings (SSSR count). The molecule has 1 amide bonds. The maximum atomic E-state index is 13.0. The van der Waals surface area contributed by atoms with Crippen LogP contribution in [0.4, 0.5) is 0 Å². The van der Waals surface area contributed by atoms with Gasteiger partial charge in [0.25, 0.3) is 0 Å². The first-order chi connectivity index (χ1) is 9.98. The van der Waals surface area contributed by atoms with Crippen molar-refractivity contribution >= 4 is 5.91 Å². The zero-order valence-corrected chi connectivity index (χ0v) is 12.8. The lowest BCUT2D eigenvalue weighted by molar-refractivity contribution is -0.136. The lowest BCUT2D eigenvalue weighted by Gasteiger charge is -2.30. The predicted octanol–water partition coefficient (Wildman–Crippen LogP) is 2.27. The van der Waals surface area contributed by atoms with Crippen molar-refractivity contribution in [3.05, 3.63) is 41.6 Å². The van der Waals surface area contributed by atoms with Gasteiger partial charge in [-0.05, 0) is 26.3 Å². The highest BCUT2D eigenvalue weighted by Gasteiger charge is 2.35. The van der Waals surface area contributed by atoms with Crippen molar-refractivity contribution < 1.29 is 9.21 Å². The van der Waals surface area contributed by atoms with E-state index in [2.05, 4.69) is 5.10 Å². The van der Waals surface area contributed by atoms with Gasteiger partial charge >= 0.3 is 0 Å². The first-order valence-electron chi connectivity index (χ1n) is 7.32. The molecule has 0 atom stereocenters. The fourth-order valence-electron chi connectivity index (χ4n) is 2.88. The highest BCUT2D eigenvalue weighted by Crippen LogP contribution is 2.28. The fourth-order valence-corrected chi connectivity index (χ4v) is 2.88. The lowest BCUT2D eigenvalue weighted by atomic mass is 9.85. The van der Waals surface area contributed by atoms with Crippen LogP contribution in [0.25, 0.3) is 0 Å². The Bertz CT molecular complexity index is 654. The van der Waals surface area contributed by atoms with E-state index in [1.807, 2.05) is 38.1 Å². The van der Waals surface area contributed by atoms with E-state index < -0.39 is 5.41 Å². The zero-order valence-electron chi connectivity index (χ0n) is 12.8. The largest absolute Gasteiger partial charge is 0.469 e. The van der Waals surface area contributed by atoms with Gasteiger partial charge in [-0.2, -0.15) is 5.10 Å². The summed E-state index contributed by atoms with van der Waals surface area (Å²) < 4.78 is 7.22. The summed E-state index contributed by atoms with van der Waals surface area (Å²) in [6, 6.07) is 1.97. The predicted molar refractivity (Wildman–Crippen MR) is 78.7 cm³/mol. The first kappa shape index (κ1) is 13.9. The molecule has 3 heterocycles. The molecule has 5 nitrogen and oxygen atoms in total. The van der Waals surface area contributed by atoms with Crippen molar-refractivity contribution in [3.8, 4) is 0 Å². The molecular formula is C16H21N3O2. The van der Waals surface area contributed by atoms with E-state index in [9.17, 15) is 4.79 Å². The van der Waals surface area contributed by atoms with E-state index in [0.29, 0.717) is 6.54 Å². The van der Waals surface area contributed by atoms with Gasteiger partial charge in [0.2, 0.25) is 5.91 Å². The summed E-state index contributed by atoms with van der Waals surface area (Å²) in [5.41, 5.74) is 1.51. The summed E-state index contributed by atoms with van der Waals surface area (Å²) in [7, 11) is 1.87. The number of rotatable bonds is 2. The second kappa shape index (κ2) is 5.06. The maximum Gasteiger partial charge on any atom is 0.233 e. The van der Waals surface area contributed by atoms with E-state index in [1.54, 1.807) is 17.1 Å². The molecule has 0 aliphatic carbocycles. The number of furan rings is 1. The van der Waals surface area contributed by atoms with Gasteiger partial charge in [0.1, 0.15) is 5.76 Å². The number of nitrogens with zero attached hydrogens (tertiary/aromatic N) is 3. The minimum Gasteiger partial charge on any atom is -0.469 e. The van der Waals surface area contributed by atoms with Crippen molar-refractivity contribution in [3.63, 3.8) is 0 Å². The van der Waals surface area contributed by atoms with Gasteiger partial charge in [-0.3, -0.25) is 9.48 Å². The molecular weight excluding hydrogens is 266 g/mol. The minimum absolute atomic E-state index is 0.143. The van der Waals surface area contributed by atoms with E-state index >= 15 is 0 Å². The van der Waals surface area contributed by atoms with Gasteiger partial charge in [-0.1, -0.05) is 0 Å². The van der Waals surface area contributed by atoms with Crippen LogP contribution < -0.4 is 0 Å². The quantitative estimate of drug-likeness (QED) is 0.851. The molecule has 21 heavy (non-hydrogen) atoms. The molecule has 0 N–H and O–H groups in total. The summed E-state index contributed by atoms with van der Waals surface area (Å²) in [5, 5.41) is 4.19. The molecule has 0 spiro atoms. The number of hydrogen-bond donors (Lipinski definition) is 0. The van der Waals surface area contributed by atoms with Gasteiger partial charge in [-0.15, -0.1) is 0 Å². The topological polar surface area (TPSA) is 51.3 Å². The zero-order chi connectivity index (χ0) is 15.0. The monoisotopic (exact) mass is 287 g/mol. The van der Waals surface area contributed by atoms with Gasteiger partial charge in [-0.25, -0.2) is 0 Å². The number of aromatic nitrogens is 2. The average Bonchev–Trinajstić information content (AvgIpc) is 3.02. The molecule has 0 radical (unpaired) electrons. The molecule has 2 aromatic rings. The van der Waals surface area contributed by atoms with E-state index in [1.165, 1.54) is 0 Å². The average molecular weight is 287 g/mol. The standard InChI is InChI=1S/C16H21N3O2/c1-16(2,13-9-17-18(3)11-13)15(20)19-7-4-5-14-12(10-19)6-8-21-14/h6,8-9,11H,4-5,7,10H2,1-3H3. The number of amides is 1. The second-order valence-corrected chi connectivity index (χ2v) is 6.23. The van der Waals surface area contributed by atoms with Crippen LogP contribution in [0.1, 0.15) is 37.2 Å². The SMILES string of the molecule is Cn1cc(C(C)(C)C(=O)N2CCCc3occc3C2)cn1. The fraction of sp³-hybridized carbons (Fsp3) is 0.500. The molecule has 0 unspecified atom stereocenters. The van der Waals surface area contributed by atoms with Gasteiger partial charge in [0.15, 0.2) is 0 Å². The normalized spacial score (nSPS) is 15.7. The van der Waals surface area contributed by atoms with Crippen LogP contribution in [-0.4, -0.2) is 27.1 Å². The third-order valence-electron chi connectivity index (χ3n) is 4.28. The number of carbonyl (C=O) groups excluding carboxylic acids is 1. The number of hydrogen-bond acceptors (Lipinski definition) is 3. The van der Waals surface area contributed by atoms with Crippen LogP contribution in [0.15, 0.2) is 29.1 Å². The molecule has 1 aliphatic rings. The summed E-state index contributed by atoms with van der Waals surface area (Å²) in [5.74, 6) is 1.16. The van der Waals surface area contributed by atoms with Gasteiger partial charge in [0, 0.05) is 43.9 Å². The summed E-state index contributed by atoms with van der Waals surface area (Å²) in [6.07, 6.45) is 7.25. The second-order valence-electron chi connectivity index (χ2n) is 6.23. The van der Waals surface area contributed by atoms with E-state index in [4.69, 9.17) is 4.42 Å². The van der Waals surface area contributed by atoms with Gasteiger partial charge in [0.05, 0.1) is 17.9 Å². The minimum atomic E-state index is -0.567. The summed E-state index contributed by atoms with van der Waals surface area (Å²) >= 11 is 0. The molecule has 0 fully saturated rings. The van der Waals surface area contributed by atoms with Crippen molar-refractivity contribution in [2.24, 2.45) is 7.05 Å². The molecule has 0 saturated heterocycles. The van der Waals surface area contributed by atoms with Crippen LogP contribution in [-0.2, 0) is 30.2 Å². The van der Waals surface area contributed by atoms with E-state index in [0.717, 1.165) is 36.3 Å². The van der Waals surface area contributed by atoms with Crippen LogP contribution >= 0.6 is 0 Å². The summed E-state index contributed by atoms with van der Waals surface area (Å²) in [4.78, 5) is 14.9. The Labute approximate surface area is 124 Å². The van der Waals surface area contributed by atoms with Crippen LogP contribution in [0.2, 0.25) is 0 Å². The Morgan fingerprint density at radius 2 is 2.24 bits per heavy atom. The Kier molecular flexibility index (Phi) is 3.35. The van der Waals surface area contributed by atoms with Gasteiger partial charge < -0.3 is 9.32 Å². The van der Waals surface area contributed by atoms with E-state index in [-0.39, 0.29) is 5.91 Å². The van der Waals surface area contributed by atoms with Crippen LogP contribution in [0.5, 0.6) is 0 Å². The van der Waals surface area contributed by atoms with Crippen molar-refractivity contribution in [2.45, 2.75) is 38.6 Å².